The van der Waals surface area contributed by atoms with E-state index in [2.05, 4.69) is 45.7 Å². The predicted molar refractivity (Wildman–Crippen MR) is 97.4 cm³/mol. The highest BCUT2D eigenvalue weighted by Crippen LogP contribution is 2.22. The molecule has 4 aromatic rings. The minimum absolute atomic E-state index is 0.770. The van der Waals surface area contributed by atoms with Crippen molar-refractivity contribution in [3.8, 4) is 0 Å². The Balaban J connectivity index is 1.79. The maximum Gasteiger partial charge on any atom is 0.114 e. The Labute approximate surface area is 144 Å². The number of hydrogen-bond donors (Lipinski definition) is 0. The van der Waals surface area contributed by atoms with E-state index >= 15 is 0 Å². The third-order valence-corrected chi connectivity index (χ3v) is 4.87. The average molecular weight is 339 g/mol. The maximum absolute atomic E-state index is 6.13. The summed E-state index contributed by atoms with van der Waals surface area (Å²) in [5.41, 5.74) is 4.70. The lowest BCUT2D eigenvalue weighted by Gasteiger charge is -2.09. The van der Waals surface area contributed by atoms with Gasteiger partial charge in [0.2, 0.25) is 0 Å². The highest BCUT2D eigenvalue weighted by Gasteiger charge is 2.12. The van der Waals surface area contributed by atoms with Crippen LogP contribution in [0.15, 0.2) is 65.4 Å². The van der Waals surface area contributed by atoms with Crippen molar-refractivity contribution in [3.63, 3.8) is 0 Å². The number of fused-ring (bicyclic) bond motifs is 1. The molecule has 4 heteroatoms. The predicted octanol–water partition coefficient (Wildman–Crippen LogP) is 5.39. The molecule has 0 radical (unpaired) electrons. The van der Waals surface area contributed by atoms with Gasteiger partial charge in [0.15, 0.2) is 0 Å². The second-order valence-corrected chi connectivity index (χ2v) is 6.76. The van der Waals surface area contributed by atoms with Gasteiger partial charge in [-0.15, -0.1) is 0 Å². The normalized spacial score (nSPS) is 11.2. The van der Waals surface area contributed by atoms with Gasteiger partial charge in [-0.25, -0.2) is 4.98 Å². The van der Waals surface area contributed by atoms with Gasteiger partial charge in [0.05, 0.1) is 11.0 Å². The van der Waals surface area contributed by atoms with Crippen LogP contribution in [0, 0.1) is 0 Å². The van der Waals surface area contributed by atoms with Crippen molar-refractivity contribution in [2.75, 3.05) is 0 Å². The van der Waals surface area contributed by atoms with E-state index in [-0.39, 0.29) is 0 Å². The molecule has 0 spiro atoms. The molecule has 0 aliphatic rings. The summed E-state index contributed by atoms with van der Waals surface area (Å²) in [5, 5.41) is 5.06. The van der Waals surface area contributed by atoms with Crippen LogP contribution >= 0.6 is 22.9 Å². The summed E-state index contributed by atoms with van der Waals surface area (Å²) in [7, 11) is 0. The first kappa shape index (κ1) is 14.5. The van der Waals surface area contributed by atoms with Crippen molar-refractivity contribution in [1.82, 2.24) is 9.55 Å². The quantitative estimate of drug-likeness (QED) is 0.487. The van der Waals surface area contributed by atoms with Crippen molar-refractivity contribution in [1.29, 1.82) is 0 Å². The van der Waals surface area contributed by atoms with Crippen LogP contribution in [-0.4, -0.2) is 9.55 Å². The molecule has 2 aromatic carbocycles. The number of thiophene rings is 1. The number of para-hydroxylation sites is 2. The zero-order chi connectivity index (χ0) is 15.6. The molecule has 2 aromatic heterocycles. The Morgan fingerprint density at radius 2 is 1.91 bits per heavy atom. The van der Waals surface area contributed by atoms with E-state index in [1.807, 2.05) is 24.3 Å². The molecular formula is C19H15ClN2S. The van der Waals surface area contributed by atoms with Crippen molar-refractivity contribution in [2.24, 2.45) is 0 Å². The summed E-state index contributed by atoms with van der Waals surface area (Å²) in [6.45, 7) is 0.778. The molecular weight excluding hydrogens is 324 g/mol. The zero-order valence-corrected chi connectivity index (χ0v) is 14.0. The molecule has 0 amide bonds. The lowest BCUT2D eigenvalue weighted by atomic mass is 10.2. The highest BCUT2D eigenvalue weighted by atomic mass is 35.5. The Bertz CT molecular complexity index is 941. The van der Waals surface area contributed by atoms with E-state index in [0.717, 1.165) is 34.8 Å². The fraction of sp³-hybridized carbons (Fsp3) is 0.105. The second-order valence-electron chi connectivity index (χ2n) is 5.54. The summed E-state index contributed by atoms with van der Waals surface area (Å²) in [4.78, 5) is 4.84. The summed E-state index contributed by atoms with van der Waals surface area (Å²) < 4.78 is 2.29. The smallest absolute Gasteiger partial charge is 0.114 e. The average Bonchev–Trinajstić information content (AvgIpc) is 3.17. The number of imidazole rings is 1. The molecule has 0 atom stereocenters. The molecule has 0 bridgehead atoms. The lowest BCUT2D eigenvalue weighted by Crippen LogP contribution is -2.05. The minimum atomic E-state index is 0.770. The van der Waals surface area contributed by atoms with Crippen molar-refractivity contribution < 1.29 is 0 Å². The number of halogens is 1. The van der Waals surface area contributed by atoms with Crippen LogP contribution in [-0.2, 0) is 13.0 Å². The standard InChI is InChI=1S/C19H15ClN2S/c20-16-5-3-4-14(10-16)12-22-18-7-2-1-6-17(18)21-19(22)11-15-8-9-23-13-15/h1-10,13H,11-12H2. The number of rotatable bonds is 4. The number of hydrogen-bond acceptors (Lipinski definition) is 2. The van der Waals surface area contributed by atoms with Gasteiger partial charge >= 0.3 is 0 Å². The van der Waals surface area contributed by atoms with Crippen LogP contribution < -0.4 is 0 Å². The Morgan fingerprint density at radius 3 is 2.74 bits per heavy atom. The van der Waals surface area contributed by atoms with E-state index in [0.29, 0.717) is 0 Å². The number of aromatic nitrogens is 2. The minimum Gasteiger partial charge on any atom is -0.323 e. The Morgan fingerprint density at radius 1 is 1.00 bits per heavy atom. The van der Waals surface area contributed by atoms with Gasteiger partial charge in [0.25, 0.3) is 0 Å². The molecule has 0 fully saturated rings. The van der Waals surface area contributed by atoms with Gasteiger partial charge in [-0.05, 0) is 52.2 Å². The van der Waals surface area contributed by atoms with E-state index in [9.17, 15) is 0 Å². The Kier molecular flexibility index (Phi) is 3.90. The van der Waals surface area contributed by atoms with Crippen LogP contribution in [0.3, 0.4) is 0 Å². The number of benzene rings is 2. The van der Waals surface area contributed by atoms with Crippen LogP contribution in [0.4, 0.5) is 0 Å². The maximum atomic E-state index is 6.13. The zero-order valence-electron chi connectivity index (χ0n) is 12.4. The van der Waals surface area contributed by atoms with Crippen LogP contribution in [0.5, 0.6) is 0 Å². The topological polar surface area (TPSA) is 17.8 Å². The van der Waals surface area contributed by atoms with Crippen molar-refractivity contribution in [3.05, 3.63) is 87.3 Å². The van der Waals surface area contributed by atoms with Gasteiger partial charge in [-0.1, -0.05) is 35.9 Å². The number of nitrogens with zero attached hydrogens (tertiary/aromatic N) is 2. The molecule has 0 saturated carbocycles. The fourth-order valence-corrected chi connectivity index (χ4v) is 3.71. The highest BCUT2D eigenvalue weighted by molar-refractivity contribution is 7.07. The summed E-state index contributed by atoms with van der Waals surface area (Å²) in [6.07, 6.45) is 0.846. The first-order valence-corrected chi connectivity index (χ1v) is 8.81. The largest absolute Gasteiger partial charge is 0.323 e. The molecule has 2 heterocycles. The van der Waals surface area contributed by atoms with E-state index in [1.165, 1.54) is 11.1 Å². The molecule has 23 heavy (non-hydrogen) atoms. The molecule has 0 aliphatic carbocycles. The van der Waals surface area contributed by atoms with Gasteiger partial charge in [0, 0.05) is 18.0 Å². The molecule has 0 N–H and O–H groups in total. The molecule has 0 aliphatic heterocycles. The molecule has 114 valence electrons. The molecule has 2 nitrogen and oxygen atoms in total. The first-order chi connectivity index (χ1) is 11.3. The fourth-order valence-electron chi connectivity index (χ4n) is 2.83. The van der Waals surface area contributed by atoms with Gasteiger partial charge in [0.1, 0.15) is 5.82 Å². The molecule has 0 saturated heterocycles. The first-order valence-electron chi connectivity index (χ1n) is 7.49. The molecule has 0 unspecified atom stereocenters. The monoisotopic (exact) mass is 338 g/mol. The van der Waals surface area contributed by atoms with Crippen LogP contribution in [0.1, 0.15) is 17.0 Å². The third-order valence-electron chi connectivity index (χ3n) is 3.91. The summed E-state index contributed by atoms with van der Waals surface area (Å²) in [5.74, 6) is 1.09. The van der Waals surface area contributed by atoms with Crippen molar-refractivity contribution >= 4 is 34.0 Å². The van der Waals surface area contributed by atoms with Crippen LogP contribution in [0.25, 0.3) is 11.0 Å². The van der Waals surface area contributed by atoms with Gasteiger partial charge < -0.3 is 4.57 Å². The lowest BCUT2D eigenvalue weighted by molar-refractivity contribution is 0.763. The van der Waals surface area contributed by atoms with Crippen LogP contribution in [0.2, 0.25) is 5.02 Å². The molecule has 4 rings (SSSR count). The van der Waals surface area contributed by atoms with Gasteiger partial charge in [-0.2, -0.15) is 11.3 Å². The van der Waals surface area contributed by atoms with Crippen molar-refractivity contribution in [2.45, 2.75) is 13.0 Å². The van der Waals surface area contributed by atoms with E-state index < -0.39 is 0 Å². The van der Waals surface area contributed by atoms with E-state index in [1.54, 1.807) is 11.3 Å². The second kappa shape index (κ2) is 6.19. The third kappa shape index (κ3) is 3.03. The summed E-state index contributed by atoms with van der Waals surface area (Å²) >= 11 is 7.86. The van der Waals surface area contributed by atoms with E-state index in [4.69, 9.17) is 16.6 Å². The Hall–Kier alpha value is -2.10. The SMILES string of the molecule is Clc1cccc(Cn2c(Cc3ccsc3)nc3ccccc32)c1. The van der Waals surface area contributed by atoms with Gasteiger partial charge in [-0.3, -0.25) is 0 Å². The summed E-state index contributed by atoms with van der Waals surface area (Å²) in [6, 6.07) is 18.5.